The molecule has 9 nitrogen and oxygen atoms in total. The topological polar surface area (TPSA) is 117 Å². The number of para-hydroxylation sites is 1. The Morgan fingerprint density at radius 1 is 1.28 bits per heavy atom. The van der Waals surface area contributed by atoms with Gasteiger partial charge in [-0.05, 0) is 24.1 Å². The highest BCUT2D eigenvalue weighted by Crippen LogP contribution is 2.25. The lowest BCUT2D eigenvalue weighted by Crippen LogP contribution is -2.36. The lowest BCUT2D eigenvalue weighted by molar-refractivity contribution is -0.384. The predicted octanol–water partition coefficient (Wildman–Crippen LogP) is 2.22. The van der Waals surface area contributed by atoms with Crippen LogP contribution in [0, 0.1) is 10.1 Å². The first-order chi connectivity index (χ1) is 14.0. The largest absolute Gasteiger partial charge is 0.508 e. The molecule has 0 spiro atoms. The summed E-state index contributed by atoms with van der Waals surface area (Å²) < 4.78 is 5.35. The minimum atomic E-state index is -0.467. The van der Waals surface area contributed by atoms with Crippen LogP contribution in [-0.4, -0.2) is 48.5 Å². The molecule has 0 saturated carbocycles. The summed E-state index contributed by atoms with van der Waals surface area (Å²) in [5.74, 6) is -0.168. The Bertz CT molecular complexity index is 909. The molecule has 9 heteroatoms. The zero-order valence-electron chi connectivity index (χ0n) is 15.8. The van der Waals surface area contributed by atoms with E-state index >= 15 is 0 Å². The zero-order chi connectivity index (χ0) is 20.6. The molecule has 1 amide bonds. The number of morpholine rings is 1. The second-order valence-corrected chi connectivity index (χ2v) is 6.52. The van der Waals surface area contributed by atoms with Crippen molar-refractivity contribution in [1.82, 2.24) is 5.43 Å². The van der Waals surface area contributed by atoms with Gasteiger partial charge in [0.2, 0.25) is 5.91 Å². The van der Waals surface area contributed by atoms with Crippen LogP contribution in [0.15, 0.2) is 47.6 Å². The van der Waals surface area contributed by atoms with Gasteiger partial charge >= 0.3 is 0 Å². The number of amides is 1. The fourth-order valence-electron chi connectivity index (χ4n) is 3.05. The number of ether oxygens (including phenoxy) is 1. The molecule has 0 aromatic heterocycles. The molecule has 0 bridgehead atoms. The second-order valence-electron chi connectivity index (χ2n) is 6.52. The third-order valence-electron chi connectivity index (χ3n) is 4.58. The van der Waals surface area contributed by atoms with E-state index in [1.807, 2.05) is 0 Å². The van der Waals surface area contributed by atoms with Gasteiger partial charge in [-0.25, -0.2) is 5.43 Å². The van der Waals surface area contributed by atoms with Crippen LogP contribution < -0.4 is 10.3 Å². The maximum absolute atomic E-state index is 12.0. The third kappa shape index (κ3) is 5.52. The van der Waals surface area contributed by atoms with E-state index in [9.17, 15) is 20.0 Å². The number of hydrogen-bond donors (Lipinski definition) is 2. The molecule has 1 aliphatic rings. The average molecular weight is 398 g/mol. The quantitative estimate of drug-likeness (QED) is 0.420. The first-order valence-corrected chi connectivity index (χ1v) is 9.24. The predicted molar refractivity (Wildman–Crippen MR) is 108 cm³/mol. The van der Waals surface area contributed by atoms with Crippen molar-refractivity contribution in [3.63, 3.8) is 0 Å². The number of hydrazone groups is 1. The molecule has 1 saturated heterocycles. The Labute approximate surface area is 167 Å². The van der Waals surface area contributed by atoms with Gasteiger partial charge in [-0.2, -0.15) is 5.10 Å². The van der Waals surface area contributed by atoms with E-state index in [4.69, 9.17) is 4.74 Å². The molecule has 1 fully saturated rings. The second kappa shape index (κ2) is 9.65. The number of benzene rings is 2. The lowest BCUT2D eigenvalue weighted by Gasteiger charge is -2.29. The van der Waals surface area contributed by atoms with Crippen molar-refractivity contribution in [3.05, 3.63) is 63.7 Å². The van der Waals surface area contributed by atoms with Crippen molar-refractivity contribution in [2.45, 2.75) is 12.8 Å². The first-order valence-electron chi connectivity index (χ1n) is 9.24. The van der Waals surface area contributed by atoms with Gasteiger partial charge < -0.3 is 14.7 Å². The van der Waals surface area contributed by atoms with Gasteiger partial charge in [0.25, 0.3) is 5.69 Å². The molecule has 0 unspecified atom stereocenters. The molecule has 0 aliphatic carbocycles. The molecule has 2 aromatic carbocycles. The van der Waals surface area contributed by atoms with Crippen molar-refractivity contribution < 1.29 is 19.6 Å². The maximum Gasteiger partial charge on any atom is 0.270 e. The highest BCUT2D eigenvalue weighted by molar-refractivity contribution is 5.90. The van der Waals surface area contributed by atoms with Crippen LogP contribution in [0.2, 0.25) is 0 Å². The van der Waals surface area contributed by atoms with Gasteiger partial charge in [0, 0.05) is 42.9 Å². The summed E-state index contributed by atoms with van der Waals surface area (Å²) in [5, 5.41) is 24.8. The molecule has 2 N–H and O–H groups in total. The Kier molecular flexibility index (Phi) is 6.75. The molecule has 2 aromatic rings. The van der Waals surface area contributed by atoms with Crippen LogP contribution in [0.5, 0.6) is 5.75 Å². The number of nitrogens with zero attached hydrogens (tertiary/aromatic N) is 3. The number of anilines is 1. The third-order valence-corrected chi connectivity index (χ3v) is 4.58. The lowest BCUT2D eigenvalue weighted by atomic mass is 10.1. The summed E-state index contributed by atoms with van der Waals surface area (Å²) >= 11 is 0. The molecular weight excluding hydrogens is 376 g/mol. The number of nitrogens with one attached hydrogen (secondary N) is 1. The van der Waals surface area contributed by atoms with Gasteiger partial charge in [0.05, 0.1) is 24.4 Å². The van der Waals surface area contributed by atoms with Gasteiger partial charge in [0.15, 0.2) is 0 Å². The molecular formula is C20H22N4O5. The smallest absolute Gasteiger partial charge is 0.270 e. The van der Waals surface area contributed by atoms with E-state index < -0.39 is 4.92 Å². The van der Waals surface area contributed by atoms with Crippen LogP contribution in [0.1, 0.15) is 17.5 Å². The normalized spacial score (nSPS) is 14.1. The van der Waals surface area contributed by atoms with Gasteiger partial charge in [-0.1, -0.05) is 18.2 Å². The van der Waals surface area contributed by atoms with Crippen LogP contribution in [0.25, 0.3) is 0 Å². The molecule has 29 heavy (non-hydrogen) atoms. The number of aromatic hydroxyl groups is 1. The Hall–Kier alpha value is -3.46. The zero-order valence-corrected chi connectivity index (χ0v) is 15.8. The monoisotopic (exact) mass is 398 g/mol. The van der Waals surface area contributed by atoms with Gasteiger partial charge in [-0.15, -0.1) is 0 Å². The summed E-state index contributed by atoms with van der Waals surface area (Å²) in [6, 6.07) is 11.4. The Morgan fingerprint density at radius 2 is 2.03 bits per heavy atom. The number of non-ortho nitro benzene ring substituents is 1. The van der Waals surface area contributed by atoms with Crippen molar-refractivity contribution in [3.8, 4) is 5.75 Å². The summed E-state index contributed by atoms with van der Waals surface area (Å²) in [7, 11) is 0. The number of nitro benzene ring substituents is 1. The van der Waals surface area contributed by atoms with E-state index in [0.717, 1.165) is 5.69 Å². The van der Waals surface area contributed by atoms with Crippen LogP contribution in [0.3, 0.4) is 0 Å². The molecule has 0 atom stereocenters. The fourth-order valence-corrected chi connectivity index (χ4v) is 3.05. The van der Waals surface area contributed by atoms with Crippen LogP contribution in [-0.2, 0) is 16.0 Å². The van der Waals surface area contributed by atoms with Crippen molar-refractivity contribution in [2.24, 2.45) is 5.10 Å². The van der Waals surface area contributed by atoms with Gasteiger partial charge in [0.1, 0.15) is 5.75 Å². The summed E-state index contributed by atoms with van der Waals surface area (Å²) in [4.78, 5) is 24.7. The van der Waals surface area contributed by atoms with Crippen LogP contribution in [0.4, 0.5) is 11.4 Å². The van der Waals surface area contributed by atoms with Crippen molar-refractivity contribution in [1.29, 1.82) is 0 Å². The number of phenols is 1. The number of nitro groups is 1. The van der Waals surface area contributed by atoms with Crippen molar-refractivity contribution in [2.75, 3.05) is 31.2 Å². The number of aryl methyl sites for hydroxylation is 1. The number of carbonyl (C=O) groups excluding carboxylic acids is 1. The summed E-state index contributed by atoms with van der Waals surface area (Å²) in [6.45, 7) is 2.50. The average Bonchev–Trinajstić information content (AvgIpc) is 2.73. The Morgan fingerprint density at radius 3 is 2.76 bits per heavy atom. The van der Waals surface area contributed by atoms with E-state index in [1.165, 1.54) is 18.3 Å². The standard InChI is InChI=1S/C20H22N4O5/c25-19-4-2-1-3-15(19)5-8-20(26)22-21-14-16-13-17(24(27)28)6-7-18(16)23-9-11-29-12-10-23/h1-4,6-7,13-14,25H,5,8-12H2,(H,22,26)/b21-14+. The first kappa shape index (κ1) is 20.3. The number of carbonyl (C=O) groups is 1. The molecule has 1 aliphatic heterocycles. The highest BCUT2D eigenvalue weighted by atomic mass is 16.6. The van der Waals surface area contributed by atoms with E-state index in [1.54, 1.807) is 30.3 Å². The minimum Gasteiger partial charge on any atom is -0.508 e. The van der Waals surface area contributed by atoms with E-state index in [0.29, 0.717) is 43.9 Å². The molecule has 3 rings (SSSR count). The summed E-state index contributed by atoms with van der Waals surface area (Å²) in [6.07, 6.45) is 1.94. The highest BCUT2D eigenvalue weighted by Gasteiger charge is 2.17. The maximum atomic E-state index is 12.0. The van der Waals surface area contributed by atoms with E-state index in [-0.39, 0.29) is 23.8 Å². The number of hydrogen-bond acceptors (Lipinski definition) is 7. The molecule has 152 valence electrons. The molecule has 0 radical (unpaired) electrons. The van der Waals surface area contributed by atoms with Crippen molar-refractivity contribution >= 4 is 23.5 Å². The SMILES string of the molecule is O=C(CCc1ccccc1O)N/N=C/c1cc([N+](=O)[O-])ccc1N1CCOCC1. The number of phenolic OH excluding ortho intramolecular Hbond substituents is 1. The molecule has 1 heterocycles. The minimum absolute atomic E-state index is 0.0469. The summed E-state index contributed by atoms with van der Waals surface area (Å²) in [5.41, 5.74) is 4.41. The fraction of sp³-hybridized carbons (Fsp3) is 0.300. The van der Waals surface area contributed by atoms with Crippen LogP contribution >= 0.6 is 0 Å². The number of rotatable bonds is 7. The van der Waals surface area contributed by atoms with E-state index in [2.05, 4.69) is 15.4 Å². The Balaban J connectivity index is 1.66. The van der Waals surface area contributed by atoms with Gasteiger partial charge in [-0.3, -0.25) is 14.9 Å².